The molecule has 0 aliphatic heterocycles. The summed E-state index contributed by atoms with van der Waals surface area (Å²) in [5.41, 5.74) is 1.64. The number of hydrogen-bond acceptors (Lipinski definition) is 3. The van der Waals surface area contributed by atoms with Crippen LogP contribution in [0.1, 0.15) is 10.4 Å². The first kappa shape index (κ1) is 11.5. The lowest BCUT2D eigenvalue weighted by atomic mass is 10.2. The molecule has 82 valence electrons. The van der Waals surface area contributed by atoms with Crippen LogP contribution < -0.4 is 5.48 Å². The molecule has 0 heterocycles. The Hall–Kier alpha value is -1.53. The van der Waals surface area contributed by atoms with Gasteiger partial charge in [-0.25, -0.2) is 19.1 Å². The van der Waals surface area contributed by atoms with E-state index in [1.165, 1.54) is 7.11 Å². The molecule has 0 fully saturated rings. The zero-order valence-corrected chi connectivity index (χ0v) is 7.92. The van der Waals surface area contributed by atoms with E-state index in [2.05, 4.69) is 9.57 Å². The van der Waals surface area contributed by atoms with Crippen LogP contribution in [0.3, 0.4) is 0 Å². The summed E-state index contributed by atoms with van der Waals surface area (Å²) >= 11 is 0. The Kier molecular flexibility index (Phi) is 4.14. The number of halogens is 2. The topological polar surface area (TPSA) is 47.6 Å². The average molecular weight is 217 g/mol. The van der Waals surface area contributed by atoms with Crippen LogP contribution >= 0.6 is 0 Å². The molecule has 1 aromatic carbocycles. The minimum Gasteiger partial charge on any atom is -0.356 e. The quantitative estimate of drug-likeness (QED) is 0.468. The van der Waals surface area contributed by atoms with Gasteiger partial charge in [-0.05, 0) is 12.1 Å². The molecule has 1 amide bonds. The van der Waals surface area contributed by atoms with Gasteiger partial charge in [-0.1, -0.05) is 0 Å². The van der Waals surface area contributed by atoms with Crippen molar-refractivity contribution in [3.05, 3.63) is 35.4 Å². The molecule has 4 nitrogen and oxygen atoms in total. The number of amides is 1. The van der Waals surface area contributed by atoms with E-state index in [4.69, 9.17) is 0 Å². The van der Waals surface area contributed by atoms with Gasteiger partial charge in [0.25, 0.3) is 5.91 Å². The van der Waals surface area contributed by atoms with E-state index in [0.29, 0.717) is 6.07 Å². The largest absolute Gasteiger partial charge is 0.356 e. The zero-order valence-electron chi connectivity index (χ0n) is 7.92. The van der Waals surface area contributed by atoms with Gasteiger partial charge in [0.05, 0.1) is 5.56 Å². The van der Waals surface area contributed by atoms with Gasteiger partial charge in [-0.15, -0.1) is 0 Å². The van der Waals surface area contributed by atoms with Gasteiger partial charge < -0.3 is 4.74 Å². The van der Waals surface area contributed by atoms with Crippen LogP contribution in [0.2, 0.25) is 0 Å². The lowest BCUT2D eigenvalue weighted by molar-refractivity contribution is -0.0705. The molecule has 0 atom stereocenters. The number of methoxy groups -OCH3 is 1. The molecule has 0 bridgehead atoms. The third-order valence-electron chi connectivity index (χ3n) is 1.52. The lowest BCUT2D eigenvalue weighted by Crippen LogP contribution is -2.25. The number of nitrogens with one attached hydrogen (secondary N) is 1. The van der Waals surface area contributed by atoms with E-state index < -0.39 is 17.5 Å². The maximum Gasteiger partial charge on any atom is 0.277 e. The first-order valence-corrected chi connectivity index (χ1v) is 4.01. The normalized spacial score (nSPS) is 10.1. The van der Waals surface area contributed by atoms with Gasteiger partial charge in [0.15, 0.2) is 6.79 Å². The monoisotopic (exact) mass is 217 g/mol. The maximum absolute atomic E-state index is 13.0. The molecule has 1 N–H and O–H groups in total. The number of hydrogen-bond donors (Lipinski definition) is 1. The number of rotatable bonds is 4. The summed E-state index contributed by atoms with van der Waals surface area (Å²) in [6.45, 7) is -0.158. The lowest BCUT2D eigenvalue weighted by Gasteiger charge is -2.05. The van der Waals surface area contributed by atoms with Crippen LogP contribution in [0.5, 0.6) is 0 Å². The standard InChI is InChI=1S/C9H9F2NO3/c1-14-5-15-12-9(13)7-3-2-6(10)4-8(7)11/h2-4H,5H2,1H3,(H,12,13). The Labute approximate surface area is 84.7 Å². The summed E-state index contributed by atoms with van der Waals surface area (Å²) in [6, 6.07) is 2.62. The molecule has 1 aromatic rings. The van der Waals surface area contributed by atoms with Crippen molar-refractivity contribution in [2.24, 2.45) is 0 Å². The summed E-state index contributed by atoms with van der Waals surface area (Å²) < 4.78 is 30.0. The van der Waals surface area contributed by atoms with Crippen molar-refractivity contribution in [1.82, 2.24) is 5.48 Å². The van der Waals surface area contributed by atoms with Crippen molar-refractivity contribution in [3.63, 3.8) is 0 Å². The maximum atomic E-state index is 13.0. The van der Waals surface area contributed by atoms with Crippen LogP contribution in [-0.4, -0.2) is 19.8 Å². The van der Waals surface area contributed by atoms with Crippen molar-refractivity contribution in [2.75, 3.05) is 13.9 Å². The van der Waals surface area contributed by atoms with Crippen molar-refractivity contribution >= 4 is 5.91 Å². The van der Waals surface area contributed by atoms with Crippen LogP contribution in [0.4, 0.5) is 8.78 Å². The predicted molar refractivity (Wildman–Crippen MR) is 46.8 cm³/mol. The van der Waals surface area contributed by atoms with Gasteiger partial charge in [0.1, 0.15) is 11.6 Å². The van der Waals surface area contributed by atoms with Gasteiger partial charge in [-0.2, -0.15) is 0 Å². The molecule has 15 heavy (non-hydrogen) atoms. The number of hydroxylamine groups is 1. The zero-order chi connectivity index (χ0) is 11.3. The highest BCUT2D eigenvalue weighted by Gasteiger charge is 2.11. The first-order chi connectivity index (χ1) is 7.15. The second-order valence-corrected chi connectivity index (χ2v) is 2.61. The number of benzene rings is 1. The minimum absolute atomic E-state index is 0.158. The molecule has 0 aromatic heterocycles. The van der Waals surface area contributed by atoms with Gasteiger partial charge in [0.2, 0.25) is 0 Å². The van der Waals surface area contributed by atoms with Gasteiger partial charge >= 0.3 is 0 Å². The summed E-state index contributed by atoms with van der Waals surface area (Å²) in [4.78, 5) is 15.7. The second-order valence-electron chi connectivity index (χ2n) is 2.61. The fraction of sp³-hybridized carbons (Fsp3) is 0.222. The highest BCUT2D eigenvalue weighted by Crippen LogP contribution is 2.08. The molecule has 0 spiro atoms. The van der Waals surface area contributed by atoms with Crippen molar-refractivity contribution in [1.29, 1.82) is 0 Å². The Morgan fingerprint density at radius 2 is 2.20 bits per heavy atom. The summed E-state index contributed by atoms with van der Waals surface area (Å²) in [5.74, 6) is -2.50. The molecule has 0 saturated carbocycles. The van der Waals surface area contributed by atoms with Crippen LogP contribution in [0.15, 0.2) is 18.2 Å². The Morgan fingerprint density at radius 1 is 1.47 bits per heavy atom. The molecular formula is C9H9F2NO3. The summed E-state index contributed by atoms with van der Waals surface area (Å²) in [6.07, 6.45) is 0. The van der Waals surface area contributed by atoms with Gasteiger partial charge in [0, 0.05) is 13.2 Å². The van der Waals surface area contributed by atoms with Crippen molar-refractivity contribution in [3.8, 4) is 0 Å². The minimum atomic E-state index is -0.950. The number of ether oxygens (including phenoxy) is 1. The average Bonchev–Trinajstić information content (AvgIpc) is 2.17. The summed E-state index contributed by atoms with van der Waals surface area (Å²) in [7, 11) is 1.37. The molecular weight excluding hydrogens is 208 g/mol. The second kappa shape index (κ2) is 5.38. The third kappa shape index (κ3) is 3.26. The molecule has 6 heteroatoms. The predicted octanol–water partition coefficient (Wildman–Crippen LogP) is 1.23. The third-order valence-corrected chi connectivity index (χ3v) is 1.52. The number of carbonyl (C=O) groups excluding carboxylic acids is 1. The molecule has 0 aliphatic carbocycles. The molecule has 0 saturated heterocycles. The van der Waals surface area contributed by atoms with E-state index in [-0.39, 0.29) is 12.4 Å². The van der Waals surface area contributed by atoms with E-state index in [9.17, 15) is 13.6 Å². The number of carbonyl (C=O) groups is 1. The molecule has 0 radical (unpaired) electrons. The summed E-state index contributed by atoms with van der Waals surface area (Å²) in [5, 5.41) is 0. The highest BCUT2D eigenvalue weighted by atomic mass is 19.1. The van der Waals surface area contributed by atoms with Gasteiger partial charge in [-0.3, -0.25) is 4.79 Å². The van der Waals surface area contributed by atoms with E-state index in [1.54, 1.807) is 0 Å². The Balaban J connectivity index is 2.65. The van der Waals surface area contributed by atoms with Crippen molar-refractivity contribution < 1.29 is 23.1 Å². The van der Waals surface area contributed by atoms with Crippen molar-refractivity contribution in [2.45, 2.75) is 0 Å². The van der Waals surface area contributed by atoms with E-state index in [1.807, 2.05) is 5.48 Å². The molecule has 0 aliphatic rings. The fourth-order valence-corrected chi connectivity index (χ4v) is 0.883. The Bertz CT molecular complexity index is 357. The SMILES string of the molecule is COCONC(=O)c1ccc(F)cc1F. The van der Waals surface area contributed by atoms with Crippen LogP contribution in [0.25, 0.3) is 0 Å². The Morgan fingerprint density at radius 3 is 2.80 bits per heavy atom. The van der Waals surface area contributed by atoms with Crippen LogP contribution in [-0.2, 0) is 9.57 Å². The van der Waals surface area contributed by atoms with E-state index in [0.717, 1.165) is 12.1 Å². The van der Waals surface area contributed by atoms with Crippen LogP contribution in [0, 0.1) is 11.6 Å². The highest BCUT2D eigenvalue weighted by molar-refractivity contribution is 5.93. The first-order valence-electron chi connectivity index (χ1n) is 4.01. The molecule has 1 rings (SSSR count). The smallest absolute Gasteiger partial charge is 0.277 e. The fourth-order valence-electron chi connectivity index (χ4n) is 0.883. The molecule has 0 unspecified atom stereocenters. The van der Waals surface area contributed by atoms with E-state index >= 15 is 0 Å².